The maximum Gasteiger partial charge on any atom is 0.0702 e. The summed E-state index contributed by atoms with van der Waals surface area (Å²) in [4.78, 5) is 4.50. The van der Waals surface area contributed by atoms with Crippen molar-refractivity contribution < 1.29 is 0 Å². The molecule has 0 N–H and O–H groups in total. The van der Waals surface area contributed by atoms with E-state index < -0.39 is 0 Å². The molecule has 0 saturated carbocycles. The van der Waals surface area contributed by atoms with Crippen LogP contribution in [-0.4, -0.2) is 4.98 Å². The molecule has 0 aliphatic heterocycles. The summed E-state index contributed by atoms with van der Waals surface area (Å²) in [7, 11) is 0. The van der Waals surface area contributed by atoms with Gasteiger partial charge in [0.2, 0.25) is 0 Å². The highest BCUT2D eigenvalue weighted by molar-refractivity contribution is 6.30. The molecule has 0 aliphatic carbocycles. The normalized spacial score (nSPS) is 12.4. The highest BCUT2D eigenvalue weighted by Crippen LogP contribution is 2.22. The van der Waals surface area contributed by atoms with Crippen LogP contribution in [0.25, 0.3) is 11.3 Å². The molecular weight excluding hydrogens is 230 g/mol. The minimum absolute atomic E-state index is 0.571. The van der Waals surface area contributed by atoms with Crippen molar-refractivity contribution in [3.8, 4) is 11.3 Å². The summed E-state index contributed by atoms with van der Waals surface area (Å²) in [6.07, 6.45) is 3.11. The maximum absolute atomic E-state index is 5.86. The molecule has 0 saturated heterocycles. The van der Waals surface area contributed by atoms with Gasteiger partial charge in [-0.25, -0.2) is 0 Å². The number of aromatic nitrogens is 1. The average molecular weight is 246 g/mol. The minimum atomic E-state index is 0.571. The third-order valence-corrected chi connectivity index (χ3v) is 3.36. The minimum Gasteiger partial charge on any atom is -0.256 e. The van der Waals surface area contributed by atoms with Gasteiger partial charge in [0.1, 0.15) is 0 Å². The van der Waals surface area contributed by atoms with Crippen LogP contribution in [0.1, 0.15) is 31.7 Å². The van der Waals surface area contributed by atoms with Gasteiger partial charge in [-0.3, -0.25) is 4.98 Å². The number of benzene rings is 1. The monoisotopic (exact) mass is 245 g/mol. The molecule has 0 fully saturated rings. The third kappa shape index (κ3) is 2.86. The fourth-order valence-electron chi connectivity index (χ4n) is 1.72. The van der Waals surface area contributed by atoms with E-state index in [-0.39, 0.29) is 0 Å². The zero-order valence-corrected chi connectivity index (χ0v) is 10.9. The van der Waals surface area contributed by atoms with Gasteiger partial charge in [0.25, 0.3) is 0 Å². The second-order valence-corrected chi connectivity index (χ2v) is 4.73. The number of rotatable bonds is 3. The Kier molecular flexibility index (Phi) is 3.80. The lowest BCUT2D eigenvalue weighted by atomic mass is 10.00. The fraction of sp³-hybridized carbons (Fsp3) is 0.267. The summed E-state index contributed by atoms with van der Waals surface area (Å²) in [5.74, 6) is 0.571. The van der Waals surface area contributed by atoms with Crippen LogP contribution in [0.4, 0.5) is 0 Å². The molecule has 1 unspecified atom stereocenters. The maximum atomic E-state index is 5.86. The van der Waals surface area contributed by atoms with E-state index >= 15 is 0 Å². The Hall–Kier alpha value is -1.34. The summed E-state index contributed by atoms with van der Waals surface area (Å²) in [6.45, 7) is 4.41. The van der Waals surface area contributed by atoms with Gasteiger partial charge in [-0.05, 0) is 36.1 Å². The van der Waals surface area contributed by atoms with Crippen LogP contribution in [0.5, 0.6) is 0 Å². The number of hydrogen-bond donors (Lipinski definition) is 0. The van der Waals surface area contributed by atoms with Gasteiger partial charge in [0, 0.05) is 16.8 Å². The zero-order valence-electron chi connectivity index (χ0n) is 10.2. The molecule has 0 aliphatic rings. The van der Waals surface area contributed by atoms with Crippen molar-refractivity contribution in [3.63, 3.8) is 0 Å². The molecule has 1 atom stereocenters. The molecule has 0 amide bonds. The number of nitrogens with zero attached hydrogens (tertiary/aromatic N) is 1. The van der Waals surface area contributed by atoms with E-state index in [1.807, 2.05) is 30.5 Å². The molecule has 1 aromatic heterocycles. The fourth-order valence-corrected chi connectivity index (χ4v) is 1.85. The Morgan fingerprint density at radius 3 is 2.35 bits per heavy atom. The van der Waals surface area contributed by atoms with Crippen molar-refractivity contribution in [1.29, 1.82) is 0 Å². The topological polar surface area (TPSA) is 12.9 Å². The Bertz CT molecular complexity index is 473. The van der Waals surface area contributed by atoms with Gasteiger partial charge in [-0.2, -0.15) is 0 Å². The van der Waals surface area contributed by atoms with Crippen molar-refractivity contribution in [1.82, 2.24) is 4.98 Å². The van der Waals surface area contributed by atoms with E-state index in [4.69, 9.17) is 11.6 Å². The Morgan fingerprint density at radius 1 is 1.12 bits per heavy atom. The summed E-state index contributed by atoms with van der Waals surface area (Å²) in [5.41, 5.74) is 3.39. The van der Waals surface area contributed by atoms with Crippen LogP contribution in [0.3, 0.4) is 0 Å². The smallest absolute Gasteiger partial charge is 0.0702 e. The van der Waals surface area contributed by atoms with Crippen LogP contribution in [0, 0.1) is 0 Å². The van der Waals surface area contributed by atoms with E-state index in [0.717, 1.165) is 22.7 Å². The molecule has 2 heteroatoms. The first-order chi connectivity index (χ1) is 8.20. The van der Waals surface area contributed by atoms with E-state index in [9.17, 15) is 0 Å². The number of halogens is 1. The first-order valence-corrected chi connectivity index (χ1v) is 6.30. The number of pyridine rings is 1. The molecule has 1 heterocycles. The highest BCUT2D eigenvalue weighted by Gasteiger charge is 2.04. The van der Waals surface area contributed by atoms with Crippen LogP contribution in [-0.2, 0) is 0 Å². The van der Waals surface area contributed by atoms with Crippen LogP contribution in [0.15, 0.2) is 42.6 Å². The standard InChI is InChI=1S/C15H16ClN/c1-3-11(2)13-6-9-15(17-10-13)12-4-7-14(16)8-5-12/h4-11H,3H2,1-2H3. The first kappa shape index (κ1) is 12.1. The number of hydrogen-bond acceptors (Lipinski definition) is 1. The van der Waals surface area contributed by atoms with Crippen LogP contribution in [0.2, 0.25) is 5.02 Å². The first-order valence-electron chi connectivity index (χ1n) is 5.92. The molecule has 88 valence electrons. The Balaban J connectivity index is 2.26. The predicted octanol–water partition coefficient (Wildman–Crippen LogP) is 4.92. The SMILES string of the molecule is CCC(C)c1ccc(-c2ccc(Cl)cc2)nc1. The second-order valence-electron chi connectivity index (χ2n) is 4.29. The van der Waals surface area contributed by atoms with E-state index in [0.29, 0.717) is 5.92 Å². The van der Waals surface area contributed by atoms with Crippen molar-refractivity contribution in [2.24, 2.45) is 0 Å². The van der Waals surface area contributed by atoms with E-state index in [1.165, 1.54) is 5.56 Å². The zero-order chi connectivity index (χ0) is 12.3. The van der Waals surface area contributed by atoms with Crippen molar-refractivity contribution >= 4 is 11.6 Å². The lowest BCUT2D eigenvalue weighted by Gasteiger charge is -2.09. The van der Waals surface area contributed by atoms with Gasteiger partial charge in [-0.15, -0.1) is 0 Å². The van der Waals surface area contributed by atoms with Crippen molar-refractivity contribution in [3.05, 3.63) is 53.2 Å². The quantitative estimate of drug-likeness (QED) is 0.748. The van der Waals surface area contributed by atoms with Crippen molar-refractivity contribution in [2.45, 2.75) is 26.2 Å². The molecule has 1 aromatic carbocycles. The molecule has 2 rings (SSSR count). The molecule has 0 radical (unpaired) electrons. The second kappa shape index (κ2) is 5.33. The van der Waals surface area contributed by atoms with E-state index in [2.05, 4.69) is 31.0 Å². The van der Waals surface area contributed by atoms with Crippen LogP contribution < -0.4 is 0 Å². The molecule has 2 aromatic rings. The molecule has 0 spiro atoms. The van der Waals surface area contributed by atoms with Gasteiger partial charge in [0.05, 0.1) is 5.69 Å². The largest absolute Gasteiger partial charge is 0.256 e. The van der Waals surface area contributed by atoms with Crippen molar-refractivity contribution in [2.75, 3.05) is 0 Å². The summed E-state index contributed by atoms with van der Waals surface area (Å²) >= 11 is 5.86. The third-order valence-electron chi connectivity index (χ3n) is 3.11. The lowest BCUT2D eigenvalue weighted by molar-refractivity contribution is 0.730. The molecular formula is C15H16ClN. The molecule has 1 nitrogen and oxygen atoms in total. The van der Waals surface area contributed by atoms with Crippen LogP contribution >= 0.6 is 11.6 Å². The van der Waals surface area contributed by atoms with Gasteiger partial charge >= 0.3 is 0 Å². The Labute approximate surface area is 107 Å². The highest BCUT2D eigenvalue weighted by atomic mass is 35.5. The summed E-state index contributed by atoms with van der Waals surface area (Å²) in [6, 6.07) is 12.0. The molecule has 0 bridgehead atoms. The van der Waals surface area contributed by atoms with Gasteiger partial charge < -0.3 is 0 Å². The van der Waals surface area contributed by atoms with Gasteiger partial charge in [0.15, 0.2) is 0 Å². The van der Waals surface area contributed by atoms with E-state index in [1.54, 1.807) is 0 Å². The summed E-state index contributed by atoms with van der Waals surface area (Å²) < 4.78 is 0. The summed E-state index contributed by atoms with van der Waals surface area (Å²) in [5, 5.41) is 0.755. The molecule has 17 heavy (non-hydrogen) atoms. The average Bonchev–Trinajstić information content (AvgIpc) is 2.39. The van der Waals surface area contributed by atoms with Gasteiger partial charge in [-0.1, -0.05) is 43.6 Å². The predicted molar refractivity (Wildman–Crippen MR) is 73.4 cm³/mol. The Morgan fingerprint density at radius 2 is 1.82 bits per heavy atom. The lowest BCUT2D eigenvalue weighted by Crippen LogP contribution is -1.93.